The Labute approximate surface area is 106 Å². The van der Waals surface area contributed by atoms with Crippen molar-refractivity contribution in [2.24, 2.45) is 11.8 Å². The summed E-state index contributed by atoms with van der Waals surface area (Å²) >= 11 is 0. The predicted molar refractivity (Wildman–Crippen MR) is 66.0 cm³/mol. The van der Waals surface area contributed by atoms with Crippen LogP contribution in [0.15, 0.2) is 23.7 Å². The number of carbonyl (C=O) groups is 1. The average molecular weight is 253 g/mol. The molecule has 18 heavy (non-hydrogen) atoms. The molecule has 0 aromatic heterocycles. The summed E-state index contributed by atoms with van der Waals surface area (Å²) in [6.07, 6.45) is 3.83. The van der Waals surface area contributed by atoms with E-state index >= 15 is 0 Å². The van der Waals surface area contributed by atoms with Crippen molar-refractivity contribution in [3.8, 4) is 0 Å². The van der Waals surface area contributed by atoms with Crippen molar-refractivity contribution in [3.05, 3.63) is 23.7 Å². The SMILES string of the molecule is COC(=O)C1CC2C=C(O)C(O)=CC2C(C)(C)N1. The fourth-order valence-corrected chi connectivity index (χ4v) is 2.90. The van der Waals surface area contributed by atoms with E-state index in [0.29, 0.717) is 6.42 Å². The molecular formula is C13H19NO4. The standard InChI is InChI=1S/C13H19NO4/c1-13(2)8-6-11(16)10(15)5-7(8)4-9(14-13)12(17)18-3/h5-9,14-16H,4H2,1-3H3. The number of esters is 1. The minimum Gasteiger partial charge on any atom is -0.504 e. The number of fused-ring (bicyclic) bond motifs is 1. The quantitative estimate of drug-likeness (QED) is 0.616. The number of hydrogen-bond acceptors (Lipinski definition) is 5. The summed E-state index contributed by atoms with van der Waals surface area (Å²) < 4.78 is 4.76. The fourth-order valence-electron chi connectivity index (χ4n) is 2.90. The van der Waals surface area contributed by atoms with Crippen LogP contribution in [0, 0.1) is 11.8 Å². The first kappa shape index (κ1) is 13.0. The number of piperidine rings is 1. The van der Waals surface area contributed by atoms with Crippen LogP contribution in [0.3, 0.4) is 0 Å². The molecule has 5 nitrogen and oxygen atoms in total. The van der Waals surface area contributed by atoms with Gasteiger partial charge in [-0.25, -0.2) is 0 Å². The lowest BCUT2D eigenvalue weighted by molar-refractivity contribution is -0.145. The number of nitrogens with one attached hydrogen (secondary N) is 1. The second-order valence-corrected chi connectivity index (χ2v) is 5.47. The summed E-state index contributed by atoms with van der Waals surface area (Å²) in [4.78, 5) is 11.6. The summed E-state index contributed by atoms with van der Waals surface area (Å²) in [7, 11) is 1.36. The van der Waals surface area contributed by atoms with Gasteiger partial charge in [0.2, 0.25) is 0 Å². The first-order chi connectivity index (χ1) is 8.35. The predicted octanol–water partition coefficient (Wildman–Crippen LogP) is 1.43. The Bertz CT molecular complexity index is 425. The normalized spacial score (nSPS) is 34.1. The molecule has 0 amide bonds. The lowest BCUT2D eigenvalue weighted by Crippen LogP contribution is -2.60. The Morgan fingerprint density at radius 2 is 2.00 bits per heavy atom. The minimum atomic E-state index is -0.385. The lowest BCUT2D eigenvalue weighted by Gasteiger charge is -2.46. The molecule has 3 N–H and O–H groups in total. The molecule has 0 aromatic carbocycles. The molecule has 0 bridgehead atoms. The topological polar surface area (TPSA) is 78.8 Å². The maximum atomic E-state index is 11.6. The molecule has 1 fully saturated rings. The number of ether oxygens (including phenoxy) is 1. The molecule has 100 valence electrons. The lowest BCUT2D eigenvalue weighted by atomic mass is 9.69. The summed E-state index contributed by atoms with van der Waals surface area (Å²) in [5.74, 6) is -0.455. The van der Waals surface area contributed by atoms with Crippen LogP contribution in [0.1, 0.15) is 20.3 Å². The third-order valence-electron chi connectivity index (χ3n) is 3.81. The largest absolute Gasteiger partial charge is 0.504 e. The van der Waals surface area contributed by atoms with E-state index < -0.39 is 0 Å². The van der Waals surface area contributed by atoms with E-state index in [-0.39, 0.29) is 40.9 Å². The molecule has 3 unspecified atom stereocenters. The molecule has 3 atom stereocenters. The molecule has 2 aliphatic rings. The van der Waals surface area contributed by atoms with Gasteiger partial charge in [0.25, 0.3) is 0 Å². The second kappa shape index (κ2) is 4.31. The monoisotopic (exact) mass is 253 g/mol. The highest BCUT2D eigenvalue weighted by atomic mass is 16.5. The second-order valence-electron chi connectivity index (χ2n) is 5.47. The van der Waals surface area contributed by atoms with Crippen LogP contribution < -0.4 is 5.32 Å². The molecule has 0 spiro atoms. The molecule has 5 heteroatoms. The van der Waals surface area contributed by atoms with E-state index in [2.05, 4.69) is 5.32 Å². The van der Waals surface area contributed by atoms with Gasteiger partial charge in [0, 0.05) is 11.5 Å². The molecule has 1 aliphatic heterocycles. The Hall–Kier alpha value is -1.49. The van der Waals surface area contributed by atoms with Gasteiger partial charge in [-0.2, -0.15) is 0 Å². The summed E-state index contributed by atoms with van der Waals surface area (Å²) in [6.45, 7) is 3.94. The Balaban J connectivity index is 2.28. The van der Waals surface area contributed by atoms with Crippen LogP contribution in [0.4, 0.5) is 0 Å². The number of rotatable bonds is 1. The number of aliphatic hydroxyl groups is 2. The van der Waals surface area contributed by atoms with Gasteiger partial charge >= 0.3 is 5.97 Å². The van der Waals surface area contributed by atoms with Crippen molar-refractivity contribution < 1.29 is 19.7 Å². The molecule has 0 saturated carbocycles. The van der Waals surface area contributed by atoms with E-state index in [4.69, 9.17) is 4.74 Å². The smallest absolute Gasteiger partial charge is 0.322 e. The zero-order valence-corrected chi connectivity index (χ0v) is 10.8. The first-order valence-electron chi connectivity index (χ1n) is 6.02. The van der Waals surface area contributed by atoms with Gasteiger partial charge in [0.05, 0.1) is 7.11 Å². The van der Waals surface area contributed by atoms with Crippen LogP contribution in [0.2, 0.25) is 0 Å². The molecule has 0 aromatic rings. The first-order valence-corrected chi connectivity index (χ1v) is 6.02. The maximum Gasteiger partial charge on any atom is 0.322 e. The molecule has 1 heterocycles. The van der Waals surface area contributed by atoms with E-state index in [1.807, 2.05) is 13.8 Å². The van der Waals surface area contributed by atoms with Gasteiger partial charge < -0.3 is 14.9 Å². The Kier molecular flexibility index (Phi) is 3.11. The number of methoxy groups -OCH3 is 1. The Morgan fingerprint density at radius 1 is 1.39 bits per heavy atom. The van der Waals surface area contributed by atoms with Gasteiger partial charge in [-0.05, 0) is 38.3 Å². The Morgan fingerprint density at radius 3 is 2.61 bits per heavy atom. The van der Waals surface area contributed by atoms with E-state index in [9.17, 15) is 15.0 Å². The fraction of sp³-hybridized carbons (Fsp3) is 0.615. The van der Waals surface area contributed by atoms with Gasteiger partial charge in [0.1, 0.15) is 6.04 Å². The van der Waals surface area contributed by atoms with Gasteiger partial charge in [-0.1, -0.05) is 0 Å². The summed E-state index contributed by atoms with van der Waals surface area (Å²) in [5.41, 5.74) is -0.354. The van der Waals surface area contributed by atoms with Crippen LogP contribution in [0.25, 0.3) is 0 Å². The maximum absolute atomic E-state index is 11.6. The van der Waals surface area contributed by atoms with Crippen molar-refractivity contribution >= 4 is 5.97 Å². The summed E-state index contributed by atoms with van der Waals surface area (Å²) in [6, 6.07) is -0.385. The van der Waals surface area contributed by atoms with Gasteiger partial charge in [0.15, 0.2) is 11.5 Å². The van der Waals surface area contributed by atoms with Crippen molar-refractivity contribution in [2.45, 2.75) is 31.8 Å². The van der Waals surface area contributed by atoms with E-state index in [1.54, 1.807) is 12.2 Å². The van der Waals surface area contributed by atoms with Crippen LogP contribution in [0.5, 0.6) is 0 Å². The zero-order valence-electron chi connectivity index (χ0n) is 10.8. The van der Waals surface area contributed by atoms with Crippen molar-refractivity contribution in [1.29, 1.82) is 0 Å². The third kappa shape index (κ3) is 2.10. The zero-order chi connectivity index (χ0) is 13.5. The molecule has 1 saturated heterocycles. The third-order valence-corrected chi connectivity index (χ3v) is 3.81. The van der Waals surface area contributed by atoms with Crippen LogP contribution >= 0.6 is 0 Å². The van der Waals surface area contributed by atoms with Crippen LogP contribution in [-0.2, 0) is 9.53 Å². The number of hydrogen-bond donors (Lipinski definition) is 3. The minimum absolute atomic E-state index is 0.0150. The highest BCUT2D eigenvalue weighted by molar-refractivity contribution is 5.76. The molecular weight excluding hydrogens is 234 g/mol. The number of allylic oxidation sites excluding steroid dienone is 1. The van der Waals surface area contributed by atoms with E-state index in [1.165, 1.54) is 7.11 Å². The average Bonchev–Trinajstić information content (AvgIpc) is 2.30. The van der Waals surface area contributed by atoms with Crippen LogP contribution in [-0.4, -0.2) is 34.9 Å². The van der Waals surface area contributed by atoms with Crippen molar-refractivity contribution in [2.75, 3.05) is 7.11 Å². The number of carbonyl (C=O) groups excluding carboxylic acids is 1. The van der Waals surface area contributed by atoms with E-state index in [0.717, 1.165) is 0 Å². The molecule has 1 aliphatic carbocycles. The summed E-state index contributed by atoms with van der Waals surface area (Å²) in [5, 5.41) is 22.4. The van der Waals surface area contributed by atoms with Crippen molar-refractivity contribution in [3.63, 3.8) is 0 Å². The highest BCUT2D eigenvalue weighted by Crippen LogP contribution is 2.39. The van der Waals surface area contributed by atoms with Gasteiger partial charge in [-0.15, -0.1) is 0 Å². The molecule has 0 radical (unpaired) electrons. The van der Waals surface area contributed by atoms with Gasteiger partial charge in [-0.3, -0.25) is 10.1 Å². The molecule has 2 rings (SSSR count). The number of aliphatic hydroxyl groups excluding tert-OH is 2. The van der Waals surface area contributed by atoms with Crippen molar-refractivity contribution in [1.82, 2.24) is 5.32 Å². The highest BCUT2D eigenvalue weighted by Gasteiger charge is 2.45.